The van der Waals surface area contributed by atoms with Crippen LogP contribution in [0.3, 0.4) is 0 Å². The first-order valence-electron chi connectivity index (χ1n) is 7.62. The Kier molecular flexibility index (Phi) is 5.31. The molecule has 0 amide bonds. The number of aromatic nitrogens is 3. The van der Waals surface area contributed by atoms with Crippen LogP contribution in [-0.4, -0.2) is 22.1 Å². The van der Waals surface area contributed by atoms with Crippen LogP contribution in [0.15, 0.2) is 12.4 Å². The van der Waals surface area contributed by atoms with E-state index in [2.05, 4.69) is 27.2 Å². The van der Waals surface area contributed by atoms with Crippen molar-refractivity contribution in [1.29, 1.82) is 0 Å². The molecule has 2 heterocycles. The molecule has 0 aliphatic rings. The van der Waals surface area contributed by atoms with Crippen LogP contribution in [0, 0.1) is 20.8 Å². The lowest BCUT2D eigenvalue weighted by Gasteiger charge is -2.14. The zero-order valence-electron chi connectivity index (χ0n) is 14.0. The summed E-state index contributed by atoms with van der Waals surface area (Å²) >= 11 is 0. The summed E-state index contributed by atoms with van der Waals surface area (Å²) in [6.45, 7) is 8.71. The summed E-state index contributed by atoms with van der Waals surface area (Å²) in [6.07, 6.45) is 5.79. The highest BCUT2D eigenvalue weighted by Gasteiger charge is 2.11. The Labute approximate surface area is 132 Å². The predicted molar refractivity (Wildman–Crippen MR) is 88.4 cm³/mol. The largest absolute Gasteiger partial charge is 0.496 e. The molecule has 1 N–H and O–H groups in total. The number of nitrogens with one attached hydrogen (secondary N) is 1. The molecule has 0 spiro atoms. The summed E-state index contributed by atoms with van der Waals surface area (Å²) in [5.41, 5.74) is 4.23. The van der Waals surface area contributed by atoms with E-state index in [0.717, 1.165) is 52.6 Å². The van der Waals surface area contributed by atoms with E-state index in [0.29, 0.717) is 6.54 Å². The lowest BCUT2D eigenvalue weighted by atomic mass is 10.1. The highest BCUT2D eigenvalue weighted by atomic mass is 16.5. The minimum absolute atomic E-state index is 0.621. The lowest BCUT2D eigenvalue weighted by molar-refractivity contribution is 0.407. The number of aryl methyl sites for hydroxylation is 3. The molecule has 0 aromatic carbocycles. The van der Waals surface area contributed by atoms with Gasteiger partial charge in [-0.05, 0) is 27.2 Å². The van der Waals surface area contributed by atoms with Gasteiger partial charge in [0, 0.05) is 29.1 Å². The Morgan fingerprint density at radius 1 is 1.14 bits per heavy atom. The third-order valence-electron chi connectivity index (χ3n) is 3.68. The van der Waals surface area contributed by atoms with Crippen LogP contribution in [0.25, 0.3) is 0 Å². The van der Waals surface area contributed by atoms with Crippen LogP contribution in [0.2, 0.25) is 0 Å². The van der Waals surface area contributed by atoms with Crippen molar-refractivity contribution in [2.45, 2.75) is 47.1 Å². The number of hydrogen-bond donors (Lipinski definition) is 1. The molecule has 0 radical (unpaired) electrons. The number of methoxy groups -OCH3 is 1. The quantitative estimate of drug-likeness (QED) is 0.886. The average Bonchev–Trinajstić information content (AvgIpc) is 2.49. The second-order valence-corrected chi connectivity index (χ2v) is 5.44. The zero-order chi connectivity index (χ0) is 16.1. The lowest BCUT2D eigenvalue weighted by Crippen LogP contribution is -2.10. The molecule has 0 aliphatic carbocycles. The first-order chi connectivity index (χ1) is 10.6. The summed E-state index contributed by atoms with van der Waals surface area (Å²) < 4.78 is 5.46. The van der Waals surface area contributed by atoms with Gasteiger partial charge in [0.15, 0.2) is 0 Å². The van der Waals surface area contributed by atoms with Gasteiger partial charge in [0.25, 0.3) is 0 Å². The van der Waals surface area contributed by atoms with Gasteiger partial charge < -0.3 is 10.1 Å². The van der Waals surface area contributed by atoms with Crippen molar-refractivity contribution in [3.8, 4) is 5.75 Å². The topological polar surface area (TPSA) is 59.9 Å². The van der Waals surface area contributed by atoms with E-state index in [-0.39, 0.29) is 0 Å². The minimum atomic E-state index is 0.621. The van der Waals surface area contributed by atoms with Gasteiger partial charge in [-0.15, -0.1) is 0 Å². The zero-order valence-corrected chi connectivity index (χ0v) is 14.0. The number of anilines is 1. The summed E-state index contributed by atoms with van der Waals surface area (Å²) in [7, 11) is 1.69. The SMILES string of the molecule is CCCc1cnc(C)nc1NCc1ncc(C)c(OC)c1C. The molecule has 0 bridgehead atoms. The first kappa shape index (κ1) is 16.2. The molecule has 0 unspecified atom stereocenters. The number of pyridine rings is 1. The maximum Gasteiger partial charge on any atom is 0.133 e. The number of hydrogen-bond acceptors (Lipinski definition) is 5. The van der Waals surface area contributed by atoms with E-state index >= 15 is 0 Å². The van der Waals surface area contributed by atoms with E-state index in [1.165, 1.54) is 0 Å². The van der Waals surface area contributed by atoms with Crippen LogP contribution < -0.4 is 10.1 Å². The average molecular weight is 300 g/mol. The predicted octanol–water partition coefficient (Wildman–Crippen LogP) is 3.37. The number of nitrogens with zero attached hydrogens (tertiary/aromatic N) is 3. The fraction of sp³-hybridized carbons (Fsp3) is 0.471. The minimum Gasteiger partial charge on any atom is -0.496 e. The van der Waals surface area contributed by atoms with Gasteiger partial charge in [0.2, 0.25) is 0 Å². The summed E-state index contributed by atoms with van der Waals surface area (Å²) in [5.74, 6) is 2.57. The Bertz CT molecular complexity index is 655. The van der Waals surface area contributed by atoms with E-state index < -0.39 is 0 Å². The van der Waals surface area contributed by atoms with Gasteiger partial charge in [0.05, 0.1) is 19.3 Å². The molecule has 0 saturated carbocycles. The Morgan fingerprint density at radius 2 is 1.91 bits per heavy atom. The van der Waals surface area contributed by atoms with Crippen LogP contribution in [0.1, 0.15) is 41.6 Å². The third-order valence-corrected chi connectivity index (χ3v) is 3.68. The smallest absolute Gasteiger partial charge is 0.133 e. The van der Waals surface area contributed by atoms with Gasteiger partial charge in [0.1, 0.15) is 17.4 Å². The van der Waals surface area contributed by atoms with Crippen LogP contribution in [0.5, 0.6) is 5.75 Å². The Balaban J connectivity index is 2.22. The molecule has 2 aromatic rings. The molecule has 5 heteroatoms. The molecule has 5 nitrogen and oxygen atoms in total. The Hall–Kier alpha value is -2.17. The van der Waals surface area contributed by atoms with E-state index in [1.807, 2.05) is 33.2 Å². The summed E-state index contributed by atoms with van der Waals surface area (Å²) in [4.78, 5) is 13.3. The first-order valence-corrected chi connectivity index (χ1v) is 7.62. The van der Waals surface area contributed by atoms with Crippen molar-refractivity contribution >= 4 is 5.82 Å². The van der Waals surface area contributed by atoms with Gasteiger partial charge >= 0.3 is 0 Å². The second kappa shape index (κ2) is 7.20. The molecule has 118 valence electrons. The van der Waals surface area contributed by atoms with E-state index in [9.17, 15) is 0 Å². The van der Waals surface area contributed by atoms with E-state index in [1.54, 1.807) is 7.11 Å². The number of ether oxygens (including phenoxy) is 1. The standard InChI is InChI=1S/C17H24N4O/c1-6-7-14-9-18-13(4)21-17(14)20-10-15-12(3)16(22-5)11(2)8-19-15/h8-9H,6-7,10H2,1-5H3,(H,18,20,21). The van der Waals surface area contributed by atoms with E-state index in [4.69, 9.17) is 4.74 Å². The van der Waals surface area contributed by atoms with Crippen LogP contribution in [0.4, 0.5) is 5.82 Å². The third kappa shape index (κ3) is 3.53. The summed E-state index contributed by atoms with van der Waals surface area (Å²) in [6, 6.07) is 0. The van der Waals surface area contributed by atoms with Crippen molar-refractivity contribution in [3.05, 3.63) is 40.6 Å². The summed E-state index contributed by atoms with van der Waals surface area (Å²) in [5, 5.41) is 3.40. The maximum atomic E-state index is 5.46. The molecule has 2 rings (SSSR count). The van der Waals surface area contributed by atoms with Gasteiger partial charge in [-0.25, -0.2) is 9.97 Å². The highest BCUT2D eigenvalue weighted by Crippen LogP contribution is 2.24. The molecular weight excluding hydrogens is 276 g/mol. The maximum absolute atomic E-state index is 5.46. The Morgan fingerprint density at radius 3 is 2.59 bits per heavy atom. The van der Waals surface area contributed by atoms with Crippen molar-refractivity contribution in [3.63, 3.8) is 0 Å². The molecule has 0 aliphatic heterocycles. The number of rotatable bonds is 6. The van der Waals surface area contributed by atoms with Crippen molar-refractivity contribution in [2.24, 2.45) is 0 Å². The van der Waals surface area contributed by atoms with Gasteiger partial charge in [-0.2, -0.15) is 0 Å². The van der Waals surface area contributed by atoms with Crippen molar-refractivity contribution < 1.29 is 4.74 Å². The monoisotopic (exact) mass is 300 g/mol. The van der Waals surface area contributed by atoms with Crippen molar-refractivity contribution in [1.82, 2.24) is 15.0 Å². The van der Waals surface area contributed by atoms with Gasteiger partial charge in [-0.3, -0.25) is 4.98 Å². The fourth-order valence-electron chi connectivity index (χ4n) is 2.52. The highest BCUT2D eigenvalue weighted by molar-refractivity contribution is 5.46. The molecule has 0 saturated heterocycles. The molecular formula is C17H24N4O. The van der Waals surface area contributed by atoms with Crippen molar-refractivity contribution in [2.75, 3.05) is 12.4 Å². The molecule has 22 heavy (non-hydrogen) atoms. The van der Waals surface area contributed by atoms with Crippen LogP contribution >= 0.6 is 0 Å². The second-order valence-electron chi connectivity index (χ2n) is 5.44. The van der Waals surface area contributed by atoms with Gasteiger partial charge in [-0.1, -0.05) is 13.3 Å². The van der Waals surface area contributed by atoms with Crippen LogP contribution in [-0.2, 0) is 13.0 Å². The normalized spacial score (nSPS) is 10.6. The fourth-order valence-corrected chi connectivity index (χ4v) is 2.52. The molecule has 0 fully saturated rings. The molecule has 2 aromatic heterocycles. The molecule has 0 atom stereocenters.